The van der Waals surface area contributed by atoms with E-state index < -0.39 is 0 Å². The molecular weight excluding hydrogens is 148 g/mol. The maximum atomic E-state index is 5.17. The van der Waals surface area contributed by atoms with E-state index in [0.29, 0.717) is 0 Å². The number of ether oxygens (including phenoxy) is 1. The van der Waals surface area contributed by atoms with Crippen LogP contribution in [0.1, 0.15) is 5.56 Å². The van der Waals surface area contributed by atoms with Gasteiger partial charge in [-0.1, -0.05) is 43.0 Å². The van der Waals surface area contributed by atoms with E-state index in [-0.39, 0.29) is 0 Å². The van der Waals surface area contributed by atoms with Crippen LogP contribution in [0.15, 0.2) is 49.1 Å². The van der Waals surface area contributed by atoms with Gasteiger partial charge in [0, 0.05) is 5.56 Å². The van der Waals surface area contributed by atoms with E-state index in [0.717, 1.165) is 11.3 Å². The van der Waals surface area contributed by atoms with Crippen LogP contribution in [0.3, 0.4) is 0 Å². The predicted molar refractivity (Wildman–Crippen MR) is 51.6 cm³/mol. The molecule has 0 spiro atoms. The van der Waals surface area contributed by atoms with Crippen molar-refractivity contribution in [3.63, 3.8) is 0 Å². The summed E-state index contributed by atoms with van der Waals surface area (Å²) in [6.07, 6.45) is 3.56. The van der Waals surface area contributed by atoms with Gasteiger partial charge < -0.3 is 4.74 Å². The highest BCUT2D eigenvalue weighted by Gasteiger charge is 1.96. The standard InChI is InChI=1S/C11H12O/c1-3-7-11(12-2)10-8-5-4-6-9-10/h3-9H,1H2,2H3. The van der Waals surface area contributed by atoms with Gasteiger partial charge >= 0.3 is 0 Å². The van der Waals surface area contributed by atoms with Gasteiger partial charge in [-0.05, 0) is 6.08 Å². The maximum absolute atomic E-state index is 5.17. The molecule has 1 rings (SSSR count). The number of methoxy groups -OCH3 is 1. The van der Waals surface area contributed by atoms with E-state index in [1.807, 2.05) is 36.4 Å². The van der Waals surface area contributed by atoms with E-state index in [1.54, 1.807) is 13.2 Å². The maximum Gasteiger partial charge on any atom is 0.126 e. The summed E-state index contributed by atoms with van der Waals surface area (Å²) in [6.45, 7) is 3.62. The molecule has 0 aliphatic carbocycles. The Kier molecular flexibility index (Phi) is 3.15. The smallest absolute Gasteiger partial charge is 0.126 e. The third-order valence-corrected chi connectivity index (χ3v) is 1.55. The Morgan fingerprint density at radius 1 is 1.33 bits per heavy atom. The Hall–Kier alpha value is -1.50. The lowest BCUT2D eigenvalue weighted by atomic mass is 10.2. The molecule has 1 aromatic carbocycles. The molecule has 1 nitrogen and oxygen atoms in total. The van der Waals surface area contributed by atoms with Crippen LogP contribution in [0.4, 0.5) is 0 Å². The van der Waals surface area contributed by atoms with E-state index in [9.17, 15) is 0 Å². The van der Waals surface area contributed by atoms with Crippen LogP contribution in [0.25, 0.3) is 5.76 Å². The lowest BCUT2D eigenvalue weighted by molar-refractivity contribution is 0.370. The van der Waals surface area contributed by atoms with Crippen molar-refractivity contribution in [2.45, 2.75) is 0 Å². The number of hydrogen-bond donors (Lipinski definition) is 0. The van der Waals surface area contributed by atoms with E-state index in [4.69, 9.17) is 4.74 Å². The summed E-state index contributed by atoms with van der Waals surface area (Å²) in [6, 6.07) is 9.93. The predicted octanol–water partition coefficient (Wildman–Crippen LogP) is 2.86. The number of allylic oxidation sites excluding steroid dienone is 2. The minimum absolute atomic E-state index is 0.839. The number of hydrogen-bond acceptors (Lipinski definition) is 1. The first-order valence-corrected chi connectivity index (χ1v) is 3.80. The van der Waals surface area contributed by atoms with Crippen molar-refractivity contribution >= 4 is 5.76 Å². The number of rotatable bonds is 3. The van der Waals surface area contributed by atoms with Crippen molar-refractivity contribution in [1.29, 1.82) is 0 Å². The molecule has 62 valence electrons. The molecule has 0 saturated heterocycles. The van der Waals surface area contributed by atoms with Crippen LogP contribution in [-0.4, -0.2) is 7.11 Å². The fraction of sp³-hybridized carbons (Fsp3) is 0.0909. The van der Waals surface area contributed by atoms with Gasteiger partial charge in [-0.25, -0.2) is 0 Å². The molecule has 1 heteroatoms. The normalized spacial score (nSPS) is 10.9. The zero-order valence-corrected chi connectivity index (χ0v) is 7.16. The van der Waals surface area contributed by atoms with Crippen LogP contribution < -0.4 is 0 Å². The number of benzene rings is 1. The summed E-state index contributed by atoms with van der Waals surface area (Å²) < 4.78 is 5.17. The highest BCUT2D eigenvalue weighted by molar-refractivity contribution is 5.60. The van der Waals surface area contributed by atoms with Crippen LogP contribution in [-0.2, 0) is 4.74 Å². The molecule has 0 aliphatic heterocycles. The molecule has 0 fully saturated rings. The average Bonchev–Trinajstić information content (AvgIpc) is 2.15. The first-order valence-electron chi connectivity index (χ1n) is 3.80. The third-order valence-electron chi connectivity index (χ3n) is 1.55. The van der Waals surface area contributed by atoms with Gasteiger partial charge in [0.05, 0.1) is 7.11 Å². The first kappa shape index (κ1) is 8.60. The van der Waals surface area contributed by atoms with Crippen LogP contribution in [0.5, 0.6) is 0 Å². The highest BCUT2D eigenvalue weighted by Crippen LogP contribution is 2.13. The van der Waals surface area contributed by atoms with Crippen molar-refractivity contribution in [2.24, 2.45) is 0 Å². The minimum Gasteiger partial charge on any atom is -0.496 e. The molecule has 0 aromatic heterocycles. The lowest BCUT2D eigenvalue weighted by Gasteiger charge is -2.03. The van der Waals surface area contributed by atoms with E-state index >= 15 is 0 Å². The van der Waals surface area contributed by atoms with Crippen molar-refractivity contribution < 1.29 is 4.74 Å². The SMILES string of the molecule is C=CC=C(OC)c1ccccc1. The van der Waals surface area contributed by atoms with Gasteiger partial charge in [-0.2, -0.15) is 0 Å². The van der Waals surface area contributed by atoms with Crippen LogP contribution in [0.2, 0.25) is 0 Å². The topological polar surface area (TPSA) is 9.23 Å². The highest BCUT2D eigenvalue weighted by atomic mass is 16.5. The first-order chi connectivity index (χ1) is 5.88. The fourth-order valence-electron chi connectivity index (χ4n) is 0.992. The average molecular weight is 160 g/mol. The Morgan fingerprint density at radius 3 is 2.50 bits per heavy atom. The van der Waals surface area contributed by atoms with Crippen molar-refractivity contribution in [3.8, 4) is 0 Å². The largest absolute Gasteiger partial charge is 0.496 e. The second-order valence-electron chi connectivity index (χ2n) is 2.34. The molecule has 0 amide bonds. The van der Waals surface area contributed by atoms with Gasteiger partial charge in [0.2, 0.25) is 0 Å². The summed E-state index contributed by atoms with van der Waals surface area (Å²) in [5, 5.41) is 0. The zero-order valence-electron chi connectivity index (χ0n) is 7.16. The third kappa shape index (κ3) is 1.99. The molecule has 0 atom stereocenters. The molecule has 1 aromatic rings. The van der Waals surface area contributed by atoms with Gasteiger partial charge in [0.15, 0.2) is 0 Å². The molecule has 0 N–H and O–H groups in total. The minimum atomic E-state index is 0.839. The molecule has 0 bridgehead atoms. The molecule has 12 heavy (non-hydrogen) atoms. The molecular formula is C11H12O. The molecule has 0 aliphatic rings. The molecule has 0 heterocycles. The second kappa shape index (κ2) is 4.39. The zero-order chi connectivity index (χ0) is 8.81. The summed E-state index contributed by atoms with van der Waals surface area (Å²) in [5.41, 5.74) is 1.07. The van der Waals surface area contributed by atoms with Crippen molar-refractivity contribution in [2.75, 3.05) is 7.11 Å². The van der Waals surface area contributed by atoms with Crippen LogP contribution >= 0.6 is 0 Å². The van der Waals surface area contributed by atoms with Crippen molar-refractivity contribution in [3.05, 3.63) is 54.6 Å². The molecule has 0 radical (unpaired) electrons. The Morgan fingerprint density at radius 2 is 2.00 bits per heavy atom. The second-order valence-corrected chi connectivity index (χ2v) is 2.34. The molecule has 0 saturated carbocycles. The summed E-state index contributed by atoms with van der Waals surface area (Å²) in [4.78, 5) is 0. The van der Waals surface area contributed by atoms with E-state index in [1.165, 1.54) is 0 Å². The summed E-state index contributed by atoms with van der Waals surface area (Å²) >= 11 is 0. The van der Waals surface area contributed by atoms with Gasteiger partial charge in [-0.15, -0.1) is 0 Å². The van der Waals surface area contributed by atoms with Gasteiger partial charge in [0.25, 0.3) is 0 Å². The Balaban J connectivity index is 2.95. The molecule has 0 unspecified atom stereocenters. The fourth-order valence-corrected chi connectivity index (χ4v) is 0.992. The Bertz CT molecular complexity index is 272. The lowest BCUT2D eigenvalue weighted by Crippen LogP contribution is -1.85. The monoisotopic (exact) mass is 160 g/mol. The van der Waals surface area contributed by atoms with E-state index in [2.05, 4.69) is 6.58 Å². The van der Waals surface area contributed by atoms with Gasteiger partial charge in [0.1, 0.15) is 5.76 Å². The van der Waals surface area contributed by atoms with Gasteiger partial charge in [-0.3, -0.25) is 0 Å². The quantitative estimate of drug-likeness (QED) is 0.488. The van der Waals surface area contributed by atoms with Crippen LogP contribution in [0, 0.1) is 0 Å². The summed E-state index contributed by atoms with van der Waals surface area (Å²) in [7, 11) is 1.66. The Labute approximate surface area is 73.0 Å². The summed E-state index contributed by atoms with van der Waals surface area (Å²) in [5.74, 6) is 0.839. The van der Waals surface area contributed by atoms with Crippen molar-refractivity contribution in [1.82, 2.24) is 0 Å².